The molecule has 84 valence electrons. The van der Waals surface area contributed by atoms with Crippen molar-refractivity contribution in [1.29, 1.82) is 0 Å². The van der Waals surface area contributed by atoms with Crippen molar-refractivity contribution in [3.63, 3.8) is 0 Å². The molecule has 0 aromatic heterocycles. The summed E-state index contributed by atoms with van der Waals surface area (Å²) >= 11 is 0. The molecule has 1 rings (SSSR count). The van der Waals surface area contributed by atoms with E-state index in [0.717, 1.165) is 19.3 Å². The molecule has 1 aromatic rings. The van der Waals surface area contributed by atoms with Crippen molar-refractivity contribution in [3.8, 4) is 0 Å². The standard InChI is InChI=1S/C14H22O/c1-3-5-12-7-9-13(10-8-12)14(11-15)6-4-2/h7-10,14-15H,3-6,11H2,1-2H3. The number of aryl methyl sites for hydroxylation is 1. The Kier molecular flexibility index (Phi) is 5.41. The van der Waals surface area contributed by atoms with Crippen LogP contribution in [0.4, 0.5) is 0 Å². The average Bonchev–Trinajstić information content (AvgIpc) is 2.28. The first-order valence-electron chi connectivity index (χ1n) is 6.01. The maximum atomic E-state index is 9.28. The molecular formula is C14H22O. The van der Waals surface area contributed by atoms with E-state index in [1.807, 2.05) is 0 Å². The van der Waals surface area contributed by atoms with Crippen molar-refractivity contribution in [2.45, 2.75) is 45.4 Å². The smallest absolute Gasteiger partial charge is 0.0499 e. The van der Waals surface area contributed by atoms with Gasteiger partial charge in [0.15, 0.2) is 0 Å². The van der Waals surface area contributed by atoms with Crippen LogP contribution in [0.3, 0.4) is 0 Å². The van der Waals surface area contributed by atoms with Gasteiger partial charge in [0.1, 0.15) is 0 Å². The third kappa shape index (κ3) is 3.67. The second-order valence-electron chi connectivity index (χ2n) is 4.16. The summed E-state index contributed by atoms with van der Waals surface area (Å²) in [5.41, 5.74) is 2.67. The minimum absolute atomic E-state index is 0.265. The van der Waals surface area contributed by atoms with Crippen LogP contribution in [0.15, 0.2) is 24.3 Å². The summed E-state index contributed by atoms with van der Waals surface area (Å²) in [7, 11) is 0. The molecule has 1 nitrogen and oxygen atoms in total. The Morgan fingerprint density at radius 2 is 1.73 bits per heavy atom. The Bertz CT molecular complexity index is 263. The Labute approximate surface area is 93.1 Å². The van der Waals surface area contributed by atoms with Gasteiger partial charge < -0.3 is 5.11 Å². The van der Waals surface area contributed by atoms with E-state index in [1.54, 1.807) is 0 Å². The van der Waals surface area contributed by atoms with E-state index >= 15 is 0 Å². The number of hydrogen-bond donors (Lipinski definition) is 1. The molecule has 1 atom stereocenters. The predicted molar refractivity (Wildman–Crippen MR) is 65.2 cm³/mol. The van der Waals surface area contributed by atoms with Crippen LogP contribution < -0.4 is 0 Å². The van der Waals surface area contributed by atoms with Gasteiger partial charge in [0.2, 0.25) is 0 Å². The Balaban J connectivity index is 2.68. The highest BCUT2D eigenvalue weighted by atomic mass is 16.3. The average molecular weight is 206 g/mol. The Morgan fingerprint density at radius 1 is 1.07 bits per heavy atom. The summed E-state index contributed by atoms with van der Waals surface area (Å²) in [6.45, 7) is 4.62. The molecule has 15 heavy (non-hydrogen) atoms. The first kappa shape index (κ1) is 12.3. The number of aliphatic hydroxyl groups excluding tert-OH is 1. The Morgan fingerprint density at radius 3 is 2.20 bits per heavy atom. The quantitative estimate of drug-likeness (QED) is 0.755. The van der Waals surface area contributed by atoms with Crippen molar-refractivity contribution in [2.24, 2.45) is 0 Å². The minimum atomic E-state index is 0.265. The van der Waals surface area contributed by atoms with Gasteiger partial charge in [-0.2, -0.15) is 0 Å². The van der Waals surface area contributed by atoms with Crippen molar-refractivity contribution in [3.05, 3.63) is 35.4 Å². The molecule has 0 saturated heterocycles. The SMILES string of the molecule is CCCc1ccc(C(CO)CCC)cc1. The second-order valence-corrected chi connectivity index (χ2v) is 4.16. The zero-order chi connectivity index (χ0) is 11.1. The minimum Gasteiger partial charge on any atom is -0.396 e. The first-order valence-corrected chi connectivity index (χ1v) is 6.01. The number of aliphatic hydroxyl groups is 1. The van der Waals surface area contributed by atoms with Gasteiger partial charge in [-0.1, -0.05) is 51.0 Å². The summed E-state index contributed by atoms with van der Waals surface area (Å²) in [6, 6.07) is 8.72. The van der Waals surface area contributed by atoms with Gasteiger partial charge in [0.25, 0.3) is 0 Å². The van der Waals surface area contributed by atoms with Crippen LogP contribution in [0.25, 0.3) is 0 Å². The molecule has 0 fully saturated rings. The molecule has 0 spiro atoms. The van der Waals surface area contributed by atoms with Crippen LogP contribution in [0.5, 0.6) is 0 Å². The fraction of sp³-hybridized carbons (Fsp3) is 0.571. The second kappa shape index (κ2) is 6.62. The van der Waals surface area contributed by atoms with E-state index in [1.165, 1.54) is 17.5 Å². The molecule has 0 amide bonds. The molecule has 0 radical (unpaired) electrons. The van der Waals surface area contributed by atoms with Gasteiger partial charge in [0, 0.05) is 12.5 Å². The summed E-state index contributed by atoms with van der Waals surface area (Å²) in [5.74, 6) is 0.325. The van der Waals surface area contributed by atoms with E-state index < -0.39 is 0 Å². The molecular weight excluding hydrogens is 184 g/mol. The molecule has 0 bridgehead atoms. The molecule has 1 N–H and O–H groups in total. The molecule has 0 heterocycles. The first-order chi connectivity index (χ1) is 7.31. The highest BCUT2D eigenvalue weighted by molar-refractivity contribution is 5.25. The van der Waals surface area contributed by atoms with Gasteiger partial charge in [-0.3, -0.25) is 0 Å². The third-order valence-corrected chi connectivity index (χ3v) is 2.85. The van der Waals surface area contributed by atoms with Crippen molar-refractivity contribution >= 4 is 0 Å². The normalized spacial score (nSPS) is 12.7. The van der Waals surface area contributed by atoms with Gasteiger partial charge in [0.05, 0.1) is 0 Å². The summed E-state index contributed by atoms with van der Waals surface area (Å²) in [4.78, 5) is 0. The highest BCUT2D eigenvalue weighted by Gasteiger charge is 2.08. The fourth-order valence-electron chi connectivity index (χ4n) is 1.96. The molecule has 0 aliphatic heterocycles. The van der Waals surface area contributed by atoms with Crippen LogP contribution in [0, 0.1) is 0 Å². The lowest BCUT2D eigenvalue weighted by Crippen LogP contribution is -2.03. The number of rotatable bonds is 6. The van der Waals surface area contributed by atoms with Crippen LogP contribution in [0.1, 0.15) is 50.2 Å². The van der Waals surface area contributed by atoms with E-state index in [4.69, 9.17) is 0 Å². The molecule has 0 aliphatic rings. The molecule has 1 aromatic carbocycles. The maximum Gasteiger partial charge on any atom is 0.0499 e. The van der Waals surface area contributed by atoms with E-state index in [0.29, 0.717) is 5.92 Å². The lowest BCUT2D eigenvalue weighted by atomic mass is 9.94. The van der Waals surface area contributed by atoms with Crippen LogP contribution in [0.2, 0.25) is 0 Å². The zero-order valence-corrected chi connectivity index (χ0v) is 9.87. The number of hydrogen-bond acceptors (Lipinski definition) is 1. The third-order valence-electron chi connectivity index (χ3n) is 2.85. The van der Waals surface area contributed by atoms with Crippen molar-refractivity contribution in [2.75, 3.05) is 6.61 Å². The van der Waals surface area contributed by atoms with Crippen molar-refractivity contribution in [1.82, 2.24) is 0 Å². The largest absolute Gasteiger partial charge is 0.396 e. The van der Waals surface area contributed by atoms with Crippen LogP contribution in [-0.4, -0.2) is 11.7 Å². The molecule has 1 heteroatoms. The monoisotopic (exact) mass is 206 g/mol. The van der Waals surface area contributed by atoms with E-state index in [-0.39, 0.29) is 6.61 Å². The van der Waals surface area contributed by atoms with E-state index in [9.17, 15) is 5.11 Å². The summed E-state index contributed by atoms with van der Waals surface area (Å²) in [5, 5.41) is 9.28. The van der Waals surface area contributed by atoms with Gasteiger partial charge >= 0.3 is 0 Å². The highest BCUT2D eigenvalue weighted by Crippen LogP contribution is 2.21. The van der Waals surface area contributed by atoms with Crippen molar-refractivity contribution < 1.29 is 5.11 Å². The number of benzene rings is 1. The van der Waals surface area contributed by atoms with Crippen LogP contribution >= 0.6 is 0 Å². The lowest BCUT2D eigenvalue weighted by Gasteiger charge is -2.13. The van der Waals surface area contributed by atoms with Crippen LogP contribution in [-0.2, 0) is 6.42 Å². The maximum absolute atomic E-state index is 9.28. The fourth-order valence-corrected chi connectivity index (χ4v) is 1.96. The molecule has 1 unspecified atom stereocenters. The van der Waals surface area contributed by atoms with E-state index in [2.05, 4.69) is 38.1 Å². The van der Waals surface area contributed by atoms with Gasteiger partial charge in [-0.05, 0) is 24.0 Å². The molecule has 0 saturated carbocycles. The Hall–Kier alpha value is -0.820. The summed E-state index contributed by atoms with van der Waals surface area (Å²) < 4.78 is 0. The summed E-state index contributed by atoms with van der Waals surface area (Å²) in [6.07, 6.45) is 4.54. The molecule has 0 aliphatic carbocycles. The van der Waals surface area contributed by atoms with Gasteiger partial charge in [-0.25, -0.2) is 0 Å². The predicted octanol–water partition coefficient (Wildman–Crippen LogP) is 3.52. The zero-order valence-electron chi connectivity index (χ0n) is 9.87. The van der Waals surface area contributed by atoms with Gasteiger partial charge in [-0.15, -0.1) is 0 Å². The lowest BCUT2D eigenvalue weighted by molar-refractivity contribution is 0.258. The topological polar surface area (TPSA) is 20.2 Å².